The summed E-state index contributed by atoms with van der Waals surface area (Å²) in [6.07, 6.45) is 1.66. The van der Waals surface area contributed by atoms with Crippen molar-refractivity contribution in [2.45, 2.75) is 37.8 Å². The Kier molecular flexibility index (Phi) is 4.30. The van der Waals surface area contributed by atoms with E-state index >= 15 is 0 Å². The van der Waals surface area contributed by atoms with Crippen molar-refractivity contribution in [3.05, 3.63) is 12.0 Å². The predicted molar refractivity (Wildman–Crippen MR) is 47.3 cm³/mol. The summed E-state index contributed by atoms with van der Waals surface area (Å²) in [5.41, 5.74) is 2.77. The van der Waals surface area contributed by atoms with E-state index in [4.69, 9.17) is 15.3 Å². The van der Waals surface area contributed by atoms with Crippen LogP contribution < -0.4 is 5.48 Å². The van der Waals surface area contributed by atoms with Crippen LogP contribution in [-0.2, 0) is 9.88 Å². The zero-order valence-corrected chi connectivity index (χ0v) is 8.09. The standard InChI is InChI=1S/C8H15NO6/c10-7(6-5-14-15-9-6)3-1-2-4-8(11,12)13/h5,7,9-13H,1-4H2. The number of unbranched alkanes of at least 4 members (excludes halogenated alkanes) is 1. The molecule has 0 radical (unpaired) electrons. The van der Waals surface area contributed by atoms with Gasteiger partial charge in [0.2, 0.25) is 0 Å². The average Bonchev–Trinajstić information content (AvgIpc) is 2.63. The van der Waals surface area contributed by atoms with Crippen LogP contribution in [0.5, 0.6) is 0 Å². The van der Waals surface area contributed by atoms with E-state index in [1.165, 1.54) is 6.26 Å². The van der Waals surface area contributed by atoms with Gasteiger partial charge in [0.05, 0.1) is 6.10 Å². The Morgan fingerprint density at radius 1 is 1.33 bits per heavy atom. The highest BCUT2D eigenvalue weighted by Gasteiger charge is 2.19. The summed E-state index contributed by atoms with van der Waals surface area (Å²) in [6, 6.07) is 0. The van der Waals surface area contributed by atoms with E-state index in [0.717, 1.165) is 0 Å². The summed E-state index contributed by atoms with van der Waals surface area (Å²) < 4.78 is 0. The van der Waals surface area contributed by atoms with Gasteiger partial charge >= 0.3 is 0 Å². The van der Waals surface area contributed by atoms with Crippen molar-refractivity contribution in [1.82, 2.24) is 5.48 Å². The fourth-order valence-corrected chi connectivity index (χ4v) is 1.17. The van der Waals surface area contributed by atoms with Gasteiger partial charge in [0.25, 0.3) is 5.97 Å². The second-order valence-electron chi connectivity index (χ2n) is 3.39. The highest BCUT2D eigenvalue weighted by atomic mass is 17.3. The smallest absolute Gasteiger partial charge is 0.275 e. The van der Waals surface area contributed by atoms with Crippen molar-refractivity contribution < 1.29 is 30.3 Å². The fraction of sp³-hybridized carbons (Fsp3) is 0.750. The molecule has 0 fully saturated rings. The molecule has 15 heavy (non-hydrogen) atoms. The third kappa shape index (κ3) is 4.96. The van der Waals surface area contributed by atoms with Gasteiger partial charge < -0.3 is 25.3 Å². The number of hydroxylamine groups is 1. The normalized spacial score (nSPS) is 18.0. The van der Waals surface area contributed by atoms with Crippen LogP contribution >= 0.6 is 0 Å². The summed E-state index contributed by atoms with van der Waals surface area (Å²) in [4.78, 5) is 8.70. The molecule has 1 atom stereocenters. The molecule has 0 aromatic rings. The number of hydrogen-bond donors (Lipinski definition) is 5. The van der Waals surface area contributed by atoms with Crippen LogP contribution in [0.3, 0.4) is 0 Å². The van der Waals surface area contributed by atoms with Crippen LogP contribution in [0.25, 0.3) is 0 Å². The summed E-state index contributed by atoms with van der Waals surface area (Å²) in [7, 11) is 0. The molecule has 0 aliphatic carbocycles. The molecule has 0 amide bonds. The van der Waals surface area contributed by atoms with E-state index < -0.39 is 12.1 Å². The Labute approximate surface area is 86.4 Å². The molecule has 0 bridgehead atoms. The Hall–Kier alpha value is -0.860. The van der Waals surface area contributed by atoms with E-state index in [-0.39, 0.29) is 6.42 Å². The first-order chi connectivity index (χ1) is 6.99. The fourth-order valence-electron chi connectivity index (χ4n) is 1.17. The van der Waals surface area contributed by atoms with E-state index in [2.05, 4.69) is 15.4 Å². The SMILES string of the molecule is OC(CCCCC(O)(O)O)C1=COON1. The molecule has 5 N–H and O–H groups in total. The zero-order chi connectivity index (χ0) is 11.3. The van der Waals surface area contributed by atoms with Gasteiger partial charge in [0.15, 0.2) is 6.26 Å². The van der Waals surface area contributed by atoms with Gasteiger partial charge in [-0.25, -0.2) is 5.48 Å². The van der Waals surface area contributed by atoms with Crippen LogP contribution in [0.1, 0.15) is 25.7 Å². The molecule has 0 aromatic carbocycles. The second kappa shape index (κ2) is 5.29. The average molecular weight is 221 g/mol. The van der Waals surface area contributed by atoms with Gasteiger partial charge in [-0.3, -0.25) is 0 Å². The Bertz CT molecular complexity index is 224. The van der Waals surface area contributed by atoms with E-state index in [9.17, 15) is 5.11 Å². The summed E-state index contributed by atoms with van der Waals surface area (Å²) in [6.45, 7) is 0. The highest BCUT2D eigenvalue weighted by Crippen LogP contribution is 2.14. The quantitative estimate of drug-likeness (QED) is 0.219. The maximum absolute atomic E-state index is 9.50. The Morgan fingerprint density at radius 3 is 2.60 bits per heavy atom. The first kappa shape index (κ1) is 12.2. The largest absolute Gasteiger partial charge is 0.387 e. The first-order valence-electron chi connectivity index (χ1n) is 4.62. The molecular weight excluding hydrogens is 206 g/mol. The third-order valence-electron chi connectivity index (χ3n) is 1.98. The van der Waals surface area contributed by atoms with E-state index in [1.54, 1.807) is 0 Å². The van der Waals surface area contributed by atoms with Gasteiger partial charge in [0.1, 0.15) is 5.70 Å². The molecule has 0 saturated carbocycles. The molecule has 0 saturated heterocycles. The maximum atomic E-state index is 9.50. The lowest BCUT2D eigenvalue weighted by molar-refractivity contribution is -0.315. The molecular formula is C8H15NO6. The highest BCUT2D eigenvalue weighted by molar-refractivity contribution is 5.01. The lowest BCUT2D eigenvalue weighted by Crippen LogP contribution is -2.26. The van der Waals surface area contributed by atoms with Crippen LogP contribution in [0, 0.1) is 0 Å². The van der Waals surface area contributed by atoms with Crippen molar-refractivity contribution in [3.8, 4) is 0 Å². The minimum atomic E-state index is -2.62. The molecule has 0 aromatic heterocycles. The minimum absolute atomic E-state index is 0.154. The molecule has 1 unspecified atom stereocenters. The lowest BCUT2D eigenvalue weighted by Gasteiger charge is -2.14. The van der Waals surface area contributed by atoms with Crippen molar-refractivity contribution in [2.24, 2.45) is 0 Å². The number of rotatable bonds is 6. The second-order valence-corrected chi connectivity index (χ2v) is 3.39. The predicted octanol–water partition coefficient (Wildman–Crippen LogP) is -1.15. The molecule has 1 aliphatic heterocycles. The van der Waals surface area contributed by atoms with Crippen LogP contribution in [0.4, 0.5) is 0 Å². The topological polar surface area (TPSA) is 111 Å². The van der Waals surface area contributed by atoms with E-state index in [0.29, 0.717) is 25.0 Å². The monoisotopic (exact) mass is 221 g/mol. The Balaban J connectivity index is 2.09. The zero-order valence-electron chi connectivity index (χ0n) is 8.09. The van der Waals surface area contributed by atoms with Crippen molar-refractivity contribution in [3.63, 3.8) is 0 Å². The molecule has 7 nitrogen and oxygen atoms in total. The van der Waals surface area contributed by atoms with Gasteiger partial charge in [-0.05, 0) is 12.8 Å². The van der Waals surface area contributed by atoms with Crippen LogP contribution in [0.15, 0.2) is 12.0 Å². The molecule has 1 heterocycles. The first-order valence-corrected chi connectivity index (χ1v) is 4.62. The van der Waals surface area contributed by atoms with Crippen LogP contribution in [-0.4, -0.2) is 32.5 Å². The Morgan fingerprint density at radius 2 is 2.07 bits per heavy atom. The minimum Gasteiger partial charge on any atom is -0.387 e. The summed E-state index contributed by atoms with van der Waals surface area (Å²) in [5.74, 6) is -2.62. The van der Waals surface area contributed by atoms with Gasteiger partial charge in [-0.2, -0.15) is 0 Å². The molecule has 1 aliphatic rings. The third-order valence-corrected chi connectivity index (χ3v) is 1.98. The van der Waals surface area contributed by atoms with Gasteiger partial charge in [0, 0.05) is 6.42 Å². The molecule has 88 valence electrons. The lowest BCUT2D eigenvalue weighted by atomic mass is 10.1. The number of aliphatic hydroxyl groups excluding tert-OH is 1. The molecule has 1 rings (SSSR count). The van der Waals surface area contributed by atoms with Crippen molar-refractivity contribution in [2.75, 3.05) is 0 Å². The summed E-state index contributed by atoms with van der Waals surface area (Å²) >= 11 is 0. The number of aliphatic hydroxyl groups is 4. The molecule has 7 heteroatoms. The number of hydrogen-bond acceptors (Lipinski definition) is 7. The van der Waals surface area contributed by atoms with Crippen molar-refractivity contribution >= 4 is 0 Å². The van der Waals surface area contributed by atoms with Gasteiger partial charge in [-0.15, -0.1) is 0 Å². The van der Waals surface area contributed by atoms with Crippen molar-refractivity contribution in [1.29, 1.82) is 0 Å². The van der Waals surface area contributed by atoms with Crippen LogP contribution in [0.2, 0.25) is 0 Å². The molecule has 0 spiro atoms. The number of nitrogens with one attached hydrogen (secondary N) is 1. The van der Waals surface area contributed by atoms with Gasteiger partial charge in [-0.1, -0.05) is 11.4 Å². The van der Waals surface area contributed by atoms with E-state index in [1.807, 2.05) is 0 Å². The summed E-state index contributed by atoms with van der Waals surface area (Å²) in [5, 5.41) is 35.2. The maximum Gasteiger partial charge on any atom is 0.275 e.